The van der Waals surface area contributed by atoms with Gasteiger partial charge >= 0.3 is 0 Å². The number of amides is 1. The van der Waals surface area contributed by atoms with Gasteiger partial charge in [0.05, 0.1) is 5.52 Å². The molecule has 3 aromatic heterocycles. The molecule has 4 rings (SSSR count). The van der Waals surface area contributed by atoms with Crippen molar-refractivity contribution in [2.45, 2.75) is 13.8 Å². The molecule has 1 aromatic carbocycles. The summed E-state index contributed by atoms with van der Waals surface area (Å²) in [6, 6.07) is 9.20. The van der Waals surface area contributed by atoms with Gasteiger partial charge in [0.25, 0.3) is 11.5 Å². The Bertz CT molecular complexity index is 1320. The quantitative estimate of drug-likeness (QED) is 0.543. The van der Waals surface area contributed by atoms with Gasteiger partial charge in [-0.05, 0) is 49.2 Å². The fourth-order valence-corrected chi connectivity index (χ4v) is 3.78. The zero-order chi connectivity index (χ0) is 20.7. The lowest BCUT2D eigenvalue weighted by Crippen LogP contribution is -2.19. The van der Waals surface area contributed by atoms with Crippen LogP contribution in [0.4, 0.5) is 10.8 Å². The fraction of sp³-hybridized carbons (Fsp3) is 0.143. The van der Waals surface area contributed by atoms with Crippen molar-refractivity contribution in [1.29, 1.82) is 0 Å². The number of fused-ring (bicyclic) bond motifs is 1. The van der Waals surface area contributed by atoms with Crippen molar-refractivity contribution in [2.24, 2.45) is 7.05 Å². The van der Waals surface area contributed by atoms with Crippen molar-refractivity contribution in [3.8, 4) is 11.1 Å². The van der Waals surface area contributed by atoms with Crippen LogP contribution >= 0.6 is 11.3 Å². The van der Waals surface area contributed by atoms with Crippen LogP contribution in [0, 0.1) is 13.8 Å². The molecule has 8 heteroatoms. The molecule has 7 nitrogen and oxygen atoms in total. The van der Waals surface area contributed by atoms with Crippen LogP contribution in [0.2, 0.25) is 0 Å². The van der Waals surface area contributed by atoms with Crippen LogP contribution in [0.15, 0.2) is 46.7 Å². The number of anilines is 2. The first-order valence-corrected chi connectivity index (χ1v) is 9.81. The molecule has 29 heavy (non-hydrogen) atoms. The summed E-state index contributed by atoms with van der Waals surface area (Å²) in [7, 11) is 1.75. The number of thiazole rings is 1. The largest absolute Gasteiger partial charge is 0.375 e. The molecule has 0 spiro atoms. The maximum Gasteiger partial charge on any atom is 0.275 e. The first-order valence-electron chi connectivity index (χ1n) is 8.93. The number of benzene rings is 1. The molecule has 3 heterocycles. The lowest BCUT2D eigenvalue weighted by Gasteiger charge is -2.13. The second kappa shape index (κ2) is 7.14. The Morgan fingerprint density at radius 1 is 1.17 bits per heavy atom. The standard InChI is InChI=1S/C21H19N5O2S/c1-11-4-5-14(24-19(27)17-10-29-21(22)25-17)8-15(11)16-7-13-9-23-12(2)6-18(13)26(3)20(16)28/h4-10H,1-3H3,(H2,22,25)(H,24,27). The Hall–Kier alpha value is -3.52. The van der Waals surface area contributed by atoms with Gasteiger partial charge in [-0.2, -0.15) is 0 Å². The number of rotatable bonds is 3. The van der Waals surface area contributed by atoms with Crippen LogP contribution in [-0.2, 0) is 7.05 Å². The Labute approximate surface area is 170 Å². The van der Waals surface area contributed by atoms with Gasteiger partial charge in [-0.25, -0.2) is 4.98 Å². The highest BCUT2D eigenvalue weighted by atomic mass is 32.1. The van der Waals surface area contributed by atoms with E-state index < -0.39 is 0 Å². The molecule has 0 atom stereocenters. The molecule has 1 amide bonds. The molecule has 0 aliphatic rings. The van der Waals surface area contributed by atoms with Crippen molar-refractivity contribution >= 4 is 39.0 Å². The number of aromatic nitrogens is 3. The monoisotopic (exact) mass is 405 g/mol. The van der Waals surface area contributed by atoms with E-state index in [4.69, 9.17) is 5.73 Å². The van der Waals surface area contributed by atoms with E-state index in [2.05, 4.69) is 15.3 Å². The van der Waals surface area contributed by atoms with E-state index in [1.54, 1.807) is 35.3 Å². The molecule has 0 radical (unpaired) electrons. The molecule has 0 aliphatic heterocycles. The number of nitrogens with two attached hydrogens (primary N) is 1. The minimum absolute atomic E-state index is 0.109. The highest BCUT2D eigenvalue weighted by Crippen LogP contribution is 2.27. The van der Waals surface area contributed by atoms with Gasteiger partial charge in [0.2, 0.25) is 0 Å². The van der Waals surface area contributed by atoms with E-state index in [-0.39, 0.29) is 17.2 Å². The Balaban J connectivity index is 1.78. The second-order valence-corrected chi connectivity index (χ2v) is 7.75. The third-order valence-corrected chi connectivity index (χ3v) is 5.46. The normalized spacial score (nSPS) is 11.0. The van der Waals surface area contributed by atoms with Crippen molar-refractivity contribution in [3.63, 3.8) is 0 Å². The SMILES string of the molecule is Cc1cc2c(cn1)cc(-c1cc(NC(=O)c3csc(N)n3)ccc1C)c(=O)n2C. The molecule has 0 saturated heterocycles. The minimum Gasteiger partial charge on any atom is -0.375 e. The summed E-state index contributed by atoms with van der Waals surface area (Å²) in [5, 5.41) is 5.63. The molecule has 0 bridgehead atoms. The number of nitrogens with zero attached hydrogens (tertiary/aromatic N) is 3. The van der Waals surface area contributed by atoms with Crippen LogP contribution in [0.25, 0.3) is 22.0 Å². The fourth-order valence-electron chi connectivity index (χ4n) is 3.23. The minimum atomic E-state index is -0.348. The summed E-state index contributed by atoms with van der Waals surface area (Å²) < 4.78 is 1.63. The van der Waals surface area contributed by atoms with E-state index >= 15 is 0 Å². The van der Waals surface area contributed by atoms with Crippen molar-refractivity contribution in [3.05, 3.63) is 69.2 Å². The van der Waals surface area contributed by atoms with Crippen LogP contribution < -0.4 is 16.6 Å². The Morgan fingerprint density at radius 2 is 1.97 bits per heavy atom. The van der Waals surface area contributed by atoms with Gasteiger partial charge < -0.3 is 15.6 Å². The maximum absolute atomic E-state index is 13.0. The van der Waals surface area contributed by atoms with Gasteiger partial charge in [0, 0.05) is 41.0 Å². The number of hydrogen-bond donors (Lipinski definition) is 2. The number of nitrogen functional groups attached to an aromatic ring is 1. The second-order valence-electron chi connectivity index (χ2n) is 6.86. The van der Waals surface area contributed by atoms with E-state index in [1.165, 1.54) is 11.3 Å². The Kier molecular flexibility index (Phi) is 4.63. The summed E-state index contributed by atoms with van der Waals surface area (Å²) in [4.78, 5) is 33.8. The predicted octanol–water partition coefficient (Wildman–Crippen LogP) is 3.51. The molecule has 0 aliphatic carbocycles. The van der Waals surface area contributed by atoms with Crippen LogP contribution in [0.3, 0.4) is 0 Å². The molecule has 0 fully saturated rings. The number of carbonyl (C=O) groups excluding carboxylic acids is 1. The van der Waals surface area contributed by atoms with Gasteiger partial charge in [-0.1, -0.05) is 6.07 Å². The number of hydrogen-bond acceptors (Lipinski definition) is 6. The summed E-state index contributed by atoms with van der Waals surface area (Å²) in [6.45, 7) is 3.82. The topological polar surface area (TPSA) is 103 Å². The molecular weight excluding hydrogens is 386 g/mol. The predicted molar refractivity (Wildman–Crippen MR) is 116 cm³/mol. The number of pyridine rings is 2. The van der Waals surface area contributed by atoms with Crippen LogP contribution in [-0.4, -0.2) is 20.4 Å². The van der Waals surface area contributed by atoms with E-state index in [1.807, 2.05) is 32.0 Å². The van der Waals surface area contributed by atoms with Crippen molar-refractivity contribution in [1.82, 2.24) is 14.5 Å². The molecule has 4 aromatic rings. The molecule has 3 N–H and O–H groups in total. The first kappa shape index (κ1) is 18.8. The van der Waals surface area contributed by atoms with Crippen LogP contribution in [0.5, 0.6) is 0 Å². The maximum atomic E-state index is 13.0. The average Bonchev–Trinajstić information content (AvgIpc) is 3.13. The van der Waals surface area contributed by atoms with E-state index in [0.717, 1.165) is 27.7 Å². The third-order valence-electron chi connectivity index (χ3n) is 4.79. The smallest absolute Gasteiger partial charge is 0.275 e. The van der Waals surface area contributed by atoms with Crippen molar-refractivity contribution < 1.29 is 4.79 Å². The lowest BCUT2D eigenvalue weighted by atomic mass is 9.99. The highest BCUT2D eigenvalue weighted by molar-refractivity contribution is 7.13. The van der Waals surface area contributed by atoms with E-state index in [0.29, 0.717) is 16.4 Å². The first-order chi connectivity index (χ1) is 13.8. The van der Waals surface area contributed by atoms with Gasteiger partial charge in [-0.3, -0.25) is 14.6 Å². The van der Waals surface area contributed by atoms with Crippen LogP contribution in [0.1, 0.15) is 21.7 Å². The number of nitrogens with one attached hydrogen (secondary N) is 1. The Morgan fingerprint density at radius 3 is 2.69 bits per heavy atom. The number of aryl methyl sites for hydroxylation is 3. The average molecular weight is 405 g/mol. The zero-order valence-electron chi connectivity index (χ0n) is 16.2. The molecule has 0 saturated carbocycles. The lowest BCUT2D eigenvalue weighted by molar-refractivity contribution is 0.102. The van der Waals surface area contributed by atoms with E-state index in [9.17, 15) is 9.59 Å². The molecule has 0 unspecified atom stereocenters. The molecular formula is C21H19N5O2S. The zero-order valence-corrected chi connectivity index (χ0v) is 17.0. The van der Waals surface area contributed by atoms with Gasteiger partial charge in [-0.15, -0.1) is 11.3 Å². The summed E-state index contributed by atoms with van der Waals surface area (Å²) in [5.74, 6) is -0.348. The van der Waals surface area contributed by atoms with Gasteiger partial charge in [0.15, 0.2) is 5.13 Å². The van der Waals surface area contributed by atoms with Crippen molar-refractivity contribution in [2.75, 3.05) is 11.1 Å². The summed E-state index contributed by atoms with van der Waals surface area (Å²) >= 11 is 1.21. The molecule has 146 valence electrons. The summed E-state index contributed by atoms with van der Waals surface area (Å²) in [5.41, 5.74) is 10.2. The third kappa shape index (κ3) is 3.50. The summed E-state index contributed by atoms with van der Waals surface area (Å²) in [6.07, 6.45) is 1.77. The highest BCUT2D eigenvalue weighted by Gasteiger charge is 2.14. The number of carbonyl (C=O) groups is 1. The van der Waals surface area contributed by atoms with Gasteiger partial charge in [0.1, 0.15) is 5.69 Å².